The number of ether oxygens (including phenoxy) is 2. The molecule has 0 saturated heterocycles. The van der Waals surface area contributed by atoms with Crippen molar-refractivity contribution >= 4 is 23.5 Å². The van der Waals surface area contributed by atoms with Gasteiger partial charge in [0.2, 0.25) is 5.78 Å². The van der Waals surface area contributed by atoms with Crippen LogP contribution in [0.2, 0.25) is 0 Å². The Morgan fingerprint density at radius 3 is 2.54 bits per heavy atom. The predicted molar refractivity (Wildman–Crippen MR) is 103 cm³/mol. The van der Waals surface area contributed by atoms with E-state index < -0.39 is 5.97 Å². The van der Waals surface area contributed by atoms with Gasteiger partial charge in [0, 0.05) is 29.0 Å². The Morgan fingerprint density at radius 1 is 1.19 bits per heavy atom. The number of hydrogen-bond donors (Lipinski definition) is 0. The van der Waals surface area contributed by atoms with E-state index in [1.807, 2.05) is 45.2 Å². The van der Waals surface area contributed by atoms with Gasteiger partial charge in [-0.15, -0.1) is 11.8 Å². The van der Waals surface area contributed by atoms with E-state index >= 15 is 0 Å². The lowest BCUT2D eigenvalue weighted by atomic mass is 10.1. The first kappa shape index (κ1) is 20.3. The van der Waals surface area contributed by atoms with Gasteiger partial charge in [0.05, 0.1) is 18.2 Å². The summed E-state index contributed by atoms with van der Waals surface area (Å²) in [5.41, 5.74) is 2.90. The van der Waals surface area contributed by atoms with Crippen LogP contribution >= 0.6 is 11.8 Å². The summed E-state index contributed by atoms with van der Waals surface area (Å²) in [4.78, 5) is 25.7. The monoisotopic (exact) mass is 375 g/mol. The average Bonchev–Trinajstić information content (AvgIpc) is 2.93. The van der Waals surface area contributed by atoms with Crippen LogP contribution in [0.4, 0.5) is 0 Å². The molecular formula is C20H25NO4S. The molecule has 0 unspecified atom stereocenters. The van der Waals surface area contributed by atoms with Crippen molar-refractivity contribution in [3.05, 3.63) is 52.8 Å². The average molecular weight is 375 g/mol. The zero-order valence-electron chi connectivity index (χ0n) is 15.9. The summed E-state index contributed by atoms with van der Waals surface area (Å²) in [6.07, 6.45) is 1.90. The first-order valence-electron chi connectivity index (χ1n) is 8.41. The Balaban J connectivity index is 2.11. The number of carbonyl (C=O) groups excluding carboxylic acids is 2. The quantitative estimate of drug-likeness (QED) is 0.395. The highest BCUT2D eigenvalue weighted by Gasteiger charge is 2.20. The van der Waals surface area contributed by atoms with Crippen molar-refractivity contribution < 1.29 is 19.1 Å². The maximum Gasteiger partial charge on any atom is 0.339 e. The van der Waals surface area contributed by atoms with E-state index in [1.165, 1.54) is 11.8 Å². The molecule has 0 bridgehead atoms. The molecule has 0 aliphatic rings. The number of rotatable bonds is 8. The number of hydrogen-bond acceptors (Lipinski definition) is 5. The van der Waals surface area contributed by atoms with E-state index in [-0.39, 0.29) is 18.4 Å². The van der Waals surface area contributed by atoms with Crippen LogP contribution in [0.3, 0.4) is 0 Å². The molecule has 0 fully saturated rings. The van der Waals surface area contributed by atoms with Crippen molar-refractivity contribution in [1.29, 1.82) is 0 Å². The van der Waals surface area contributed by atoms with Crippen LogP contribution in [0.1, 0.15) is 45.1 Å². The summed E-state index contributed by atoms with van der Waals surface area (Å²) in [6.45, 7) is 6.18. The molecule has 26 heavy (non-hydrogen) atoms. The lowest BCUT2D eigenvalue weighted by Gasteiger charge is -2.17. The molecule has 0 aliphatic carbocycles. The van der Waals surface area contributed by atoms with Crippen LogP contribution in [0.15, 0.2) is 35.2 Å². The zero-order chi connectivity index (χ0) is 19.3. The van der Waals surface area contributed by atoms with E-state index in [1.54, 1.807) is 19.2 Å². The number of benzene rings is 1. The van der Waals surface area contributed by atoms with Gasteiger partial charge in [0.15, 0.2) is 6.61 Å². The summed E-state index contributed by atoms with van der Waals surface area (Å²) in [7, 11) is 1.66. The molecule has 1 aromatic heterocycles. The minimum atomic E-state index is -0.482. The highest BCUT2D eigenvalue weighted by atomic mass is 32.2. The number of ketones is 1. The first-order valence-corrected chi connectivity index (χ1v) is 9.63. The fraction of sp³-hybridized carbons (Fsp3) is 0.400. The highest BCUT2D eigenvalue weighted by Crippen LogP contribution is 2.23. The maximum atomic E-state index is 12.6. The normalized spacial score (nSPS) is 12.0. The van der Waals surface area contributed by atoms with Crippen molar-refractivity contribution in [2.75, 3.05) is 26.6 Å². The van der Waals surface area contributed by atoms with Gasteiger partial charge in [-0.1, -0.05) is 12.1 Å². The van der Waals surface area contributed by atoms with Crippen LogP contribution in [-0.4, -0.2) is 42.9 Å². The Morgan fingerprint density at radius 2 is 1.88 bits per heavy atom. The zero-order valence-corrected chi connectivity index (χ0v) is 16.7. The lowest BCUT2D eigenvalue weighted by Crippen LogP contribution is -2.17. The number of Topliss-reactive ketones (excluding diaryl/α,β-unsaturated/α-hetero) is 1. The number of methoxy groups -OCH3 is 1. The number of thioether (sulfide) groups is 1. The number of aromatic nitrogens is 1. The Kier molecular flexibility index (Phi) is 7.06. The summed E-state index contributed by atoms with van der Waals surface area (Å²) in [5, 5.41) is 0. The fourth-order valence-corrected chi connectivity index (χ4v) is 3.74. The topological polar surface area (TPSA) is 57.5 Å². The van der Waals surface area contributed by atoms with E-state index in [4.69, 9.17) is 9.47 Å². The van der Waals surface area contributed by atoms with Gasteiger partial charge in [-0.3, -0.25) is 4.79 Å². The van der Waals surface area contributed by atoms with E-state index in [2.05, 4.69) is 4.57 Å². The number of aryl methyl sites for hydroxylation is 1. The summed E-state index contributed by atoms with van der Waals surface area (Å²) >= 11 is 1.47. The van der Waals surface area contributed by atoms with Gasteiger partial charge >= 0.3 is 5.97 Å². The molecule has 0 spiro atoms. The van der Waals surface area contributed by atoms with Crippen molar-refractivity contribution in [1.82, 2.24) is 4.57 Å². The van der Waals surface area contributed by atoms with Gasteiger partial charge in [-0.05, 0) is 45.2 Å². The minimum Gasteiger partial charge on any atom is -0.454 e. The van der Waals surface area contributed by atoms with E-state index in [0.29, 0.717) is 17.7 Å². The van der Waals surface area contributed by atoms with Crippen molar-refractivity contribution in [3.63, 3.8) is 0 Å². The second-order valence-electron chi connectivity index (χ2n) is 6.16. The fourth-order valence-electron chi connectivity index (χ4n) is 3.15. The van der Waals surface area contributed by atoms with Crippen molar-refractivity contribution in [2.45, 2.75) is 31.7 Å². The molecule has 5 nitrogen and oxygen atoms in total. The number of nitrogens with zero attached hydrogens (tertiary/aromatic N) is 1. The third-order valence-corrected chi connectivity index (χ3v) is 5.09. The minimum absolute atomic E-state index is 0.123. The molecule has 0 amide bonds. The van der Waals surface area contributed by atoms with E-state index in [0.717, 1.165) is 16.3 Å². The maximum absolute atomic E-state index is 12.6. The standard InChI is InChI=1S/C20H25NO4S/c1-13-10-17(15(3)21(13)14(2)11-24-4)18(22)12-25-20(23)16-8-6-7-9-19(16)26-5/h6-10,14H,11-12H2,1-5H3/t14-/m1/s1. The van der Waals surface area contributed by atoms with Crippen molar-refractivity contribution in [3.8, 4) is 0 Å². The van der Waals surface area contributed by atoms with Gasteiger partial charge < -0.3 is 14.0 Å². The molecule has 1 heterocycles. The molecule has 1 atom stereocenters. The van der Waals surface area contributed by atoms with Gasteiger partial charge in [0.25, 0.3) is 0 Å². The Labute approximate surface area is 158 Å². The lowest BCUT2D eigenvalue weighted by molar-refractivity contribution is 0.0471. The second kappa shape index (κ2) is 9.05. The van der Waals surface area contributed by atoms with Crippen LogP contribution in [-0.2, 0) is 9.47 Å². The molecule has 1 aromatic carbocycles. The van der Waals surface area contributed by atoms with Crippen LogP contribution in [0.5, 0.6) is 0 Å². The number of carbonyl (C=O) groups is 2. The number of esters is 1. The molecule has 2 rings (SSSR count). The van der Waals surface area contributed by atoms with Gasteiger partial charge in [-0.25, -0.2) is 4.79 Å². The molecule has 0 radical (unpaired) electrons. The van der Waals surface area contributed by atoms with Crippen LogP contribution < -0.4 is 0 Å². The predicted octanol–water partition coefficient (Wildman–Crippen LogP) is 4.07. The Bertz CT molecular complexity index is 797. The SMILES string of the molecule is COC[C@@H](C)n1c(C)cc(C(=O)COC(=O)c2ccccc2SC)c1C. The first-order chi connectivity index (χ1) is 12.4. The Hall–Kier alpha value is -2.05. The largest absolute Gasteiger partial charge is 0.454 e. The third kappa shape index (κ3) is 4.37. The summed E-state index contributed by atoms with van der Waals surface area (Å²) in [6, 6.07) is 9.17. The van der Waals surface area contributed by atoms with Gasteiger partial charge in [0.1, 0.15) is 0 Å². The summed E-state index contributed by atoms with van der Waals surface area (Å²) in [5.74, 6) is -0.686. The smallest absolute Gasteiger partial charge is 0.339 e. The molecular weight excluding hydrogens is 350 g/mol. The third-order valence-electron chi connectivity index (χ3n) is 4.29. The molecule has 6 heteroatoms. The highest BCUT2D eigenvalue weighted by molar-refractivity contribution is 7.98. The van der Waals surface area contributed by atoms with Gasteiger partial charge in [-0.2, -0.15) is 0 Å². The molecule has 2 aromatic rings. The van der Waals surface area contributed by atoms with Crippen molar-refractivity contribution in [2.24, 2.45) is 0 Å². The molecule has 0 saturated carbocycles. The molecule has 0 N–H and O–H groups in total. The molecule has 140 valence electrons. The van der Waals surface area contributed by atoms with Crippen LogP contribution in [0, 0.1) is 13.8 Å². The summed E-state index contributed by atoms with van der Waals surface area (Å²) < 4.78 is 12.5. The molecule has 0 aliphatic heterocycles. The second-order valence-corrected chi connectivity index (χ2v) is 7.01. The van der Waals surface area contributed by atoms with E-state index in [9.17, 15) is 9.59 Å². The van der Waals surface area contributed by atoms with Crippen LogP contribution in [0.25, 0.3) is 0 Å².